The number of rotatable bonds is 2. The normalized spacial score (nSPS) is 22.2. The minimum absolute atomic E-state index is 0.00230. The van der Waals surface area contributed by atoms with E-state index >= 15 is 0 Å². The quantitative estimate of drug-likeness (QED) is 0.849. The molecule has 0 amide bonds. The Morgan fingerprint density at radius 2 is 2.00 bits per heavy atom. The molecule has 2 fully saturated rings. The summed E-state index contributed by atoms with van der Waals surface area (Å²) in [5.74, 6) is 2.62. The third kappa shape index (κ3) is 2.35. The highest BCUT2D eigenvalue weighted by atomic mass is 16.3. The molecule has 124 valence electrons. The Labute approximate surface area is 142 Å². The van der Waals surface area contributed by atoms with E-state index in [-0.39, 0.29) is 12.4 Å². The number of aliphatic hydroxyl groups excluding tert-OH is 1. The van der Waals surface area contributed by atoms with E-state index in [1.807, 2.05) is 6.07 Å². The Morgan fingerprint density at radius 3 is 2.58 bits per heavy atom. The van der Waals surface area contributed by atoms with Crippen molar-refractivity contribution in [3.63, 3.8) is 0 Å². The summed E-state index contributed by atoms with van der Waals surface area (Å²) in [5, 5.41) is 9.42. The highest BCUT2D eigenvalue weighted by Crippen LogP contribution is 2.50. The van der Waals surface area contributed by atoms with Gasteiger partial charge in [0.05, 0.1) is 29.3 Å². The van der Waals surface area contributed by atoms with Gasteiger partial charge in [-0.15, -0.1) is 6.42 Å². The third-order valence-corrected chi connectivity index (χ3v) is 5.99. The molecule has 4 heteroatoms. The lowest BCUT2D eigenvalue weighted by atomic mass is 9.63. The van der Waals surface area contributed by atoms with Crippen LogP contribution in [0.25, 0.3) is 5.70 Å². The van der Waals surface area contributed by atoms with Crippen LogP contribution in [0, 0.1) is 17.8 Å². The number of terminal acetylenes is 1. The van der Waals surface area contributed by atoms with Gasteiger partial charge in [-0.1, -0.05) is 18.4 Å². The van der Waals surface area contributed by atoms with Gasteiger partial charge in [0.1, 0.15) is 0 Å². The van der Waals surface area contributed by atoms with Gasteiger partial charge in [0, 0.05) is 19.5 Å². The predicted molar refractivity (Wildman–Crippen MR) is 91.7 cm³/mol. The van der Waals surface area contributed by atoms with E-state index in [0.29, 0.717) is 23.1 Å². The molecule has 0 atom stereocenters. The van der Waals surface area contributed by atoms with Crippen molar-refractivity contribution >= 4 is 11.5 Å². The molecule has 0 unspecified atom stereocenters. The van der Waals surface area contributed by atoms with Crippen LogP contribution in [0.3, 0.4) is 0 Å². The van der Waals surface area contributed by atoms with Crippen LogP contribution in [0.2, 0.25) is 0 Å². The minimum Gasteiger partial charge on any atom is -0.390 e. The van der Waals surface area contributed by atoms with E-state index in [1.54, 1.807) is 6.07 Å². The standard InChI is InChI=1S/C20H22N2O2/c1-2-16-17(24)12-14-4-5-15(13-23)21-18(14)19(16)22-10-8-20(9-11-22)6-3-7-20/h1,4-5,23H,3,6-13H2. The van der Waals surface area contributed by atoms with Crippen LogP contribution in [-0.2, 0) is 17.8 Å². The molecule has 0 radical (unpaired) electrons. The zero-order valence-electron chi connectivity index (χ0n) is 13.8. The van der Waals surface area contributed by atoms with Crippen molar-refractivity contribution in [2.45, 2.75) is 45.1 Å². The molecular formula is C20H22N2O2. The summed E-state index contributed by atoms with van der Waals surface area (Å²) in [6.45, 7) is 1.75. The molecule has 1 saturated heterocycles. The number of nitrogens with zero attached hydrogens (tertiary/aromatic N) is 2. The molecule has 4 nitrogen and oxygen atoms in total. The second-order valence-electron chi connectivity index (χ2n) is 7.28. The lowest BCUT2D eigenvalue weighted by Crippen LogP contribution is -2.43. The lowest BCUT2D eigenvalue weighted by molar-refractivity contribution is -0.114. The van der Waals surface area contributed by atoms with Gasteiger partial charge in [-0.3, -0.25) is 4.79 Å². The van der Waals surface area contributed by atoms with E-state index in [1.165, 1.54) is 19.3 Å². The second kappa shape index (κ2) is 5.75. The largest absolute Gasteiger partial charge is 0.390 e. The molecule has 2 heterocycles. The molecule has 1 aromatic heterocycles. The number of aliphatic hydroxyl groups is 1. The van der Waals surface area contributed by atoms with E-state index in [4.69, 9.17) is 6.42 Å². The summed E-state index contributed by atoms with van der Waals surface area (Å²) in [4.78, 5) is 19.3. The summed E-state index contributed by atoms with van der Waals surface area (Å²) in [7, 11) is 0. The number of Topliss-reactive ketones (excluding diaryl/α,β-unsaturated/α-hetero) is 1. The fraction of sp³-hybridized carbons (Fsp3) is 0.500. The number of piperidine rings is 1. The topological polar surface area (TPSA) is 53.4 Å². The number of aromatic nitrogens is 1. The highest BCUT2D eigenvalue weighted by Gasteiger charge is 2.41. The number of allylic oxidation sites excluding steroid dienone is 1. The zero-order valence-corrected chi connectivity index (χ0v) is 13.8. The minimum atomic E-state index is -0.108. The highest BCUT2D eigenvalue weighted by molar-refractivity contribution is 6.09. The molecule has 1 saturated carbocycles. The lowest BCUT2D eigenvalue weighted by Gasteiger charge is -2.49. The van der Waals surface area contributed by atoms with Crippen molar-refractivity contribution < 1.29 is 9.90 Å². The smallest absolute Gasteiger partial charge is 0.177 e. The first-order valence-corrected chi connectivity index (χ1v) is 8.75. The first-order valence-electron chi connectivity index (χ1n) is 8.75. The molecule has 1 aromatic rings. The van der Waals surface area contributed by atoms with Crippen molar-refractivity contribution in [3.05, 3.63) is 34.7 Å². The van der Waals surface area contributed by atoms with Gasteiger partial charge in [-0.2, -0.15) is 0 Å². The van der Waals surface area contributed by atoms with Crippen molar-refractivity contribution in [2.24, 2.45) is 5.41 Å². The maximum Gasteiger partial charge on any atom is 0.177 e. The molecule has 4 rings (SSSR count). The fourth-order valence-electron chi connectivity index (χ4n) is 4.31. The summed E-state index contributed by atoms with van der Waals surface area (Å²) in [5.41, 5.74) is 4.12. The van der Waals surface area contributed by atoms with Gasteiger partial charge in [-0.25, -0.2) is 4.98 Å². The van der Waals surface area contributed by atoms with Crippen LogP contribution >= 0.6 is 0 Å². The molecule has 0 aromatic carbocycles. The van der Waals surface area contributed by atoms with Crippen LogP contribution in [-0.4, -0.2) is 33.9 Å². The van der Waals surface area contributed by atoms with Gasteiger partial charge in [-0.05, 0) is 42.7 Å². The van der Waals surface area contributed by atoms with Gasteiger partial charge in [0.2, 0.25) is 0 Å². The Morgan fingerprint density at radius 1 is 1.25 bits per heavy atom. The Bertz CT molecular complexity index is 758. The molecule has 0 bridgehead atoms. The predicted octanol–water partition coefficient (Wildman–Crippen LogP) is 2.31. The van der Waals surface area contributed by atoms with Gasteiger partial charge < -0.3 is 10.0 Å². The molecule has 24 heavy (non-hydrogen) atoms. The van der Waals surface area contributed by atoms with Gasteiger partial charge in [0.25, 0.3) is 0 Å². The summed E-state index contributed by atoms with van der Waals surface area (Å²) >= 11 is 0. The van der Waals surface area contributed by atoms with Crippen molar-refractivity contribution in [1.29, 1.82) is 0 Å². The van der Waals surface area contributed by atoms with Crippen LogP contribution in [0.5, 0.6) is 0 Å². The maximum atomic E-state index is 12.5. The summed E-state index contributed by atoms with van der Waals surface area (Å²) in [6, 6.07) is 3.68. The number of fused-ring (bicyclic) bond motifs is 1. The number of carbonyl (C=O) groups is 1. The Hall–Kier alpha value is -2.12. The number of hydrogen-bond donors (Lipinski definition) is 1. The average Bonchev–Trinajstić information content (AvgIpc) is 2.59. The number of likely N-dealkylation sites (tertiary alicyclic amines) is 1. The van der Waals surface area contributed by atoms with Crippen molar-refractivity contribution in [1.82, 2.24) is 9.88 Å². The van der Waals surface area contributed by atoms with Crippen LogP contribution < -0.4 is 0 Å². The SMILES string of the molecule is C#CC1=C(N2CCC3(CCC3)CC2)c2nc(CO)ccc2CC1=O. The molecule has 1 spiro atoms. The summed E-state index contributed by atoms with van der Waals surface area (Å²) < 4.78 is 0. The van der Waals surface area contributed by atoms with E-state index in [9.17, 15) is 9.90 Å². The molecular weight excluding hydrogens is 300 g/mol. The monoisotopic (exact) mass is 322 g/mol. The fourth-order valence-corrected chi connectivity index (χ4v) is 4.31. The molecule has 3 aliphatic rings. The van der Waals surface area contributed by atoms with Crippen molar-refractivity contribution in [2.75, 3.05) is 13.1 Å². The van der Waals surface area contributed by atoms with Gasteiger partial charge >= 0.3 is 0 Å². The van der Waals surface area contributed by atoms with Crippen molar-refractivity contribution in [3.8, 4) is 12.3 Å². The van der Waals surface area contributed by atoms with E-state index in [0.717, 1.165) is 42.9 Å². The second-order valence-corrected chi connectivity index (χ2v) is 7.28. The number of hydrogen-bond acceptors (Lipinski definition) is 4. The Kier molecular flexibility index (Phi) is 3.69. The first kappa shape index (κ1) is 15.4. The van der Waals surface area contributed by atoms with Crippen LogP contribution in [0.1, 0.15) is 49.1 Å². The van der Waals surface area contributed by atoms with Crippen LogP contribution in [0.15, 0.2) is 17.7 Å². The zero-order chi connectivity index (χ0) is 16.7. The van der Waals surface area contributed by atoms with E-state index in [2.05, 4.69) is 15.8 Å². The molecule has 2 aliphatic carbocycles. The van der Waals surface area contributed by atoms with Crippen LogP contribution in [0.4, 0.5) is 0 Å². The van der Waals surface area contributed by atoms with E-state index < -0.39 is 0 Å². The van der Waals surface area contributed by atoms with Gasteiger partial charge in [0.15, 0.2) is 5.78 Å². The average molecular weight is 322 g/mol. The Balaban J connectivity index is 1.73. The third-order valence-electron chi connectivity index (χ3n) is 5.99. The summed E-state index contributed by atoms with van der Waals surface area (Å²) in [6.07, 6.45) is 12.3. The number of pyridine rings is 1. The number of carbonyl (C=O) groups excluding carboxylic acids is 1. The number of ketones is 1. The molecule has 1 N–H and O–H groups in total. The molecule has 1 aliphatic heterocycles. The maximum absolute atomic E-state index is 12.5. The first-order chi connectivity index (χ1) is 11.7.